The number of amides is 1. The second-order valence-electron chi connectivity index (χ2n) is 4.27. The molecule has 20 heavy (non-hydrogen) atoms. The predicted molar refractivity (Wildman–Crippen MR) is 71.0 cm³/mol. The molecule has 0 fully saturated rings. The van der Waals surface area contributed by atoms with Gasteiger partial charge in [0.05, 0.1) is 0 Å². The Morgan fingerprint density at radius 2 is 1.95 bits per heavy atom. The van der Waals surface area contributed by atoms with E-state index in [1.807, 2.05) is 0 Å². The average Bonchev–Trinajstić information content (AvgIpc) is 2.41. The average molecular weight is 283 g/mol. The lowest BCUT2D eigenvalue weighted by Gasteiger charge is -2.07. The lowest BCUT2D eigenvalue weighted by molar-refractivity contribution is -0.137. The third-order valence-electron chi connectivity index (χ3n) is 2.59. The fourth-order valence-corrected chi connectivity index (χ4v) is 1.56. The first-order chi connectivity index (χ1) is 9.59. The zero-order valence-corrected chi connectivity index (χ0v) is 11.1. The number of unbranched alkanes of at least 4 members (excludes halogenated alkanes) is 2. The van der Waals surface area contributed by atoms with Gasteiger partial charge in [0.1, 0.15) is 0 Å². The third-order valence-corrected chi connectivity index (χ3v) is 2.59. The highest BCUT2D eigenvalue weighted by molar-refractivity contribution is 5.77. The normalized spacial score (nSPS) is 10.1. The SMILES string of the molecule is O=C(O)CCCCCNC(=O)COc1ccccc1F. The second kappa shape index (κ2) is 8.90. The van der Waals surface area contributed by atoms with Gasteiger partial charge in [-0.15, -0.1) is 0 Å². The number of carboxylic acids is 1. The lowest BCUT2D eigenvalue weighted by atomic mass is 10.2. The topological polar surface area (TPSA) is 75.6 Å². The van der Waals surface area contributed by atoms with Gasteiger partial charge in [0.25, 0.3) is 5.91 Å². The first-order valence-corrected chi connectivity index (χ1v) is 6.45. The number of ether oxygens (including phenoxy) is 1. The smallest absolute Gasteiger partial charge is 0.303 e. The van der Waals surface area contributed by atoms with Gasteiger partial charge in [0.15, 0.2) is 18.2 Å². The van der Waals surface area contributed by atoms with Gasteiger partial charge >= 0.3 is 5.97 Å². The molecule has 1 amide bonds. The molecule has 0 radical (unpaired) electrons. The van der Waals surface area contributed by atoms with Crippen molar-refractivity contribution in [3.63, 3.8) is 0 Å². The van der Waals surface area contributed by atoms with E-state index in [0.29, 0.717) is 19.4 Å². The van der Waals surface area contributed by atoms with Crippen molar-refractivity contribution in [3.05, 3.63) is 30.1 Å². The summed E-state index contributed by atoms with van der Waals surface area (Å²) in [6.07, 6.45) is 2.18. The van der Waals surface area contributed by atoms with Crippen LogP contribution < -0.4 is 10.1 Å². The fourth-order valence-electron chi connectivity index (χ4n) is 1.56. The quantitative estimate of drug-likeness (QED) is 0.679. The van der Waals surface area contributed by atoms with Gasteiger partial charge in [-0.1, -0.05) is 18.6 Å². The minimum absolute atomic E-state index is 0.0455. The summed E-state index contributed by atoms with van der Waals surface area (Å²) >= 11 is 0. The fraction of sp³-hybridized carbons (Fsp3) is 0.429. The molecule has 0 saturated heterocycles. The van der Waals surface area contributed by atoms with E-state index in [4.69, 9.17) is 9.84 Å². The molecule has 0 heterocycles. The number of carbonyl (C=O) groups excluding carboxylic acids is 1. The molecular formula is C14H18FNO4. The van der Waals surface area contributed by atoms with Crippen LogP contribution in [-0.4, -0.2) is 30.1 Å². The van der Waals surface area contributed by atoms with Crippen LogP contribution in [0.3, 0.4) is 0 Å². The van der Waals surface area contributed by atoms with Crippen LogP contribution in [0.15, 0.2) is 24.3 Å². The van der Waals surface area contributed by atoms with E-state index in [-0.39, 0.29) is 24.7 Å². The summed E-state index contributed by atoms with van der Waals surface area (Å²) in [6, 6.07) is 5.88. The van der Waals surface area contributed by atoms with Crippen molar-refractivity contribution in [1.82, 2.24) is 5.32 Å². The number of para-hydroxylation sites is 1. The highest BCUT2D eigenvalue weighted by Crippen LogP contribution is 2.14. The summed E-state index contributed by atoms with van der Waals surface area (Å²) in [5.41, 5.74) is 0. The Bertz CT molecular complexity index is 451. The molecule has 2 N–H and O–H groups in total. The van der Waals surface area contributed by atoms with Crippen LogP contribution in [0.4, 0.5) is 4.39 Å². The highest BCUT2D eigenvalue weighted by atomic mass is 19.1. The Hall–Kier alpha value is -2.11. The number of nitrogens with one attached hydrogen (secondary N) is 1. The Morgan fingerprint density at radius 1 is 1.20 bits per heavy atom. The van der Waals surface area contributed by atoms with Crippen molar-refractivity contribution in [3.8, 4) is 5.75 Å². The number of rotatable bonds is 9. The van der Waals surface area contributed by atoms with Crippen molar-refractivity contribution in [1.29, 1.82) is 0 Å². The van der Waals surface area contributed by atoms with Crippen molar-refractivity contribution in [2.45, 2.75) is 25.7 Å². The molecule has 5 nitrogen and oxygen atoms in total. The number of halogens is 1. The van der Waals surface area contributed by atoms with Crippen LogP contribution in [-0.2, 0) is 9.59 Å². The van der Waals surface area contributed by atoms with Gasteiger partial charge in [-0.2, -0.15) is 0 Å². The highest BCUT2D eigenvalue weighted by Gasteiger charge is 2.05. The summed E-state index contributed by atoms with van der Waals surface area (Å²) in [6.45, 7) is 0.217. The molecule has 0 aliphatic rings. The molecule has 0 aromatic heterocycles. The molecular weight excluding hydrogens is 265 g/mol. The molecule has 1 rings (SSSR count). The summed E-state index contributed by atoms with van der Waals surface area (Å²) < 4.78 is 18.2. The van der Waals surface area contributed by atoms with Gasteiger partial charge in [-0.25, -0.2) is 4.39 Å². The van der Waals surface area contributed by atoms with Crippen LogP contribution in [0.5, 0.6) is 5.75 Å². The van der Waals surface area contributed by atoms with E-state index in [1.54, 1.807) is 12.1 Å². The minimum atomic E-state index is -0.813. The summed E-state index contributed by atoms with van der Waals surface area (Å²) in [7, 11) is 0. The van der Waals surface area contributed by atoms with E-state index in [0.717, 1.165) is 6.42 Å². The van der Waals surface area contributed by atoms with Gasteiger partial charge in [-0.3, -0.25) is 9.59 Å². The maximum absolute atomic E-state index is 13.2. The zero-order valence-electron chi connectivity index (χ0n) is 11.1. The van der Waals surface area contributed by atoms with Crippen LogP contribution >= 0.6 is 0 Å². The number of aliphatic carboxylic acids is 1. The van der Waals surface area contributed by atoms with Gasteiger partial charge in [0.2, 0.25) is 0 Å². The Kier molecular flexibility index (Phi) is 7.10. The molecule has 0 unspecified atom stereocenters. The first-order valence-electron chi connectivity index (χ1n) is 6.45. The van der Waals surface area contributed by atoms with E-state index in [2.05, 4.69) is 5.32 Å². The Labute approximate surface area is 116 Å². The van der Waals surface area contributed by atoms with Crippen molar-refractivity contribution >= 4 is 11.9 Å². The number of hydrogen-bond acceptors (Lipinski definition) is 3. The number of hydrogen-bond donors (Lipinski definition) is 2. The molecule has 1 aromatic carbocycles. The van der Waals surface area contributed by atoms with Gasteiger partial charge in [0, 0.05) is 13.0 Å². The summed E-state index contributed by atoms with van der Waals surface area (Å²) in [5, 5.41) is 11.1. The summed E-state index contributed by atoms with van der Waals surface area (Å²) in [5.74, 6) is -1.60. The maximum atomic E-state index is 13.2. The zero-order chi connectivity index (χ0) is 14.8. The van der Waals surface area contributed by atoms with Crippen molar-refractivity contribution in [2.75, 3.05) is 13.2 Å². The van der Waals surface area contributed by atoms with Crippen molar-refractivity contribution in [2.24, 2.45) is 0 Å². The van der Waals surface area contributed by atoms with Crippen LogP contribution in [0.25, 0.3) is 0 Å². The first kappa shape index (κ1) is 15.9. The number of carboxylic acid groups (broad SMARTS) is 1. The molecule has 0 bridgehead atoms. The molecule has 6 heteroatoms. The molecule has 0 saturated carbocycles. The molecule has 0 spiro atoms. The second-order valence-corrected chi connectivity index (χ2v) is 4.27. The van der Waals surface area contributed by atoms with E-state index >= 15 is 0 Å². The van der Waals surface area contributed by atoms with Crippen molar-refractivity contribution < 1.29 is 23.8 Å². The Morgan fingerprint density at radius 3 is 2.65 bits per heavy atom. The Balaban J connectivity index is 2.09. The van der Waals surface area contributed by atoms with E-state index in [1.165, 1.54) is 12.1 Å². The molecule has 0 aliphatic carbocycles. The van der Waals surface area contributed by atoms with Crippen LogP contribution in [0.1, 0.15) is 25.7 Å². The predicted octanol–water partition coefficient (Wildman–Crippen LogP) is 1.97. The molecule has 1 aromatic rings. The largest absolute Gasteiger partial charge is 0.481 e. The summed E-state index contributed by atoms with van der Waals surface area (Å²) in [4.78, 5) is 21.7. The molecule has 110 valence electrons. The minimum Gasteiger partial charge on any atom is -0.481 e. The third kappa shape index (κ3) is 6.72. The number of benzene rings is 1. The standard InChI is InChI=1S/C14H18FNO4/c15-11-6-3-4-7-12(11)20-10-13(17)16-9-5-1-2-8-14(18)19/h3-4,6-7H,1-2,5,8-10H2,(H,16,17)(H,18,19). The monoisotopic (exact) mass is 283 g/mol. The van der Waals surface area contributed by atoms with Crippen LogP contribution in [0.2, 0.25) is 0 Å². The number of carbonyl (C=O) groups is 2. The van der Waals surface area contributed by atoms with Gasteiger partial charge < -0.3 is 15.2 Å². The molecule has 0 aliphatic heterocycles. The van der Waals surface area contributed by atoms with Gasteiger partial charge in [-0.05, 0) is 25.0 Å². The molecule has 0 atom stereocenters. The lowest BCUT2D eigenvalue weighted by Crippen LogP contribution is -2.29. The van der Waals surface area contributed by atoms with Crippen LogP contribution in [0, 0.1) is 5.82 Å². The van der Waals surface area contributed by atoms with E-state index in [9.17, 15) is 14.0 Å². The van der Waals surface area contributed by atoms with E-state index < -0.39 is 11.8 Å². The maximum Gasteiger partial charge on any atom is 0.303 e.